The first-order valence-electron chi connectivity index (χ1n) is 6.77. The van der Waals surface area contributed by atoms with E-state index < -0.39 is 12.3 Å². The van der Waals surface area contributed by atoms with Gasteiger partial charge in [-0.1, -0.05) is 0 Å². The van der Waals surface area contributed by atoms with Crippen molar-refractivity contribution < 1.29 is 23.8 Å². The molecule has 20 heavy (non-hydrogen) atoms. The van der Waals surface area contributed by atoms with Crippen molar-refractivity contribution in [3.8, 4) is 0 Å². The highest BCUT2D eigenvalue weighted by Crippen LogP contribution is 2.10. The van der Waals surface area contributed by atoms with Gasteiger partial charge in [-0.3, -0.25) is 4.79 Å². The molecule has 0 saturated carbocycles. The number of rotatable bonds is 10. The summed E-state index contributed by atoms with van der Waals surface area (Å²) in [6.45, 7) is 6.42. The van der Waals surface area contributed by atoms with Gasteiger partial charge in [0.15, 0.2) is 12.1 Å². The molecule has 0 aliphatic heterocycles. The molecule has 0 aromatic rings. The fraction of sp³-hybridized carbons (Fsp3) is 0.714. The van der Waals surface area contributed by atoms with Crippen LogP contribution in [0.4, 0.5) is 0 Å². The summed E-state index contributed by atoms with van der Waals surface area (Å²) in [6, 6.07) is 0. The van der Waals surface area contributed by atoms with Gasteiger partial charge in [0.1, 0.15) is 5.57 Å². The van der Waals surface area contributed by atoms with Crippen molar-refractivity contribution in [1.29, 1.82) is 0 Å². The van der Waals surface area contributed by atoms with Gasteiger partial charge in [0, 0.05) is 33.5 Å². The quantitative estimate of drug-likeness (QED) is 0.199. The van der Waals surface area contributed by atoms with Gasteiger partial charge in [0.2, 0.25) is 0 Å². The smallest absolute Gasteiger partial charge is 0.343 e. The van der Waals surface area contributed by atoms with Crippen LogP contribution in [-0.4, -0.2) is 56.9 Å². The monoisotopic (exact) mass is 287 g/mol. The Labute approximate surface area is 120 Å². The zero-order valence-electron chi connectivity index (χ0n) is 13.0. The molecule has 0 atom stereocenters. The van der Waals surface area contributed by atoms with Gasteiger partial charge in [-0.05, 0) is 20.8 Å². The van der Waals surface area contributed by atoms with Crippen LogP contribution in [0.3, 0.4) is 0 Å². The standard InChI is InChI=1S/C14H25NO5/c1-6-18-13(19-7-2)9-12(16)11(10-15(4)5)14(17)20-8-3/h10,13H,6-9H2,1-5H3/b11-10-. The third-order valence-corrected chi connectivity index (χ3v) is 2.24. The Kier molecular flexibility index (Phi) is 9.67. The van der Waals surface area contributed by atoms with E-state index in [-0.39, 0.29) is 24.4 Å². The van der Waals surface area contributed by atoms with Gasteiger partial charge in [-0.2, -0.15) is 0 Å². The lowest BCUT2D eigenvalue weighted by atomic mass is 10.1. The fourth-order valence-corrected chi connectivity index (χ4v) is 1.50. The first kappa shape index (κ1) is 18.6. The average Bonchev–Trinajstić information content (AvgIpc) is 2.36. The molecule has 0 saturated heterocycles. The van der Waals surface area contributed by atoms with E-state index in [0.717, 1.165) is 0 Å². The van der Waals surface area contributed by atoms with E-state index in [2.05, 4.69) is 0 Å². The summed E-state index contributed by atoms with van der Waals surface area (Å²) in [4.78, 5) is 25.6. The topological polar surface area (TPSA) is 65.1 Å². The summed E-state index contributed by atoms with van der Waals surface area (Å²) in [5, 5.41) is 0. The molecule has 0 heterocycles. The van der Waals surface area contributed by atoms with Crippen LogP contribution in [0.25, 0.3) is 0 Å². The first-order valence-corrected chi connectivity index (χ1v) is 6.77. The minimum absolute atomic E-state index is 0.00116. The lowest BCUT2D eigenvalue weighted by Gasteiger charge is -2.17. The molecule has 0 bridgehead atoms. The summed E-state index contributed by atoms with van der Waals surface area (Å²) in [6.07, 6.45) is 0.799. The van der Waals surface area contributed by atoms with Crippen molar-refractivity contribution in [2.24, 2.45) is 0 Å². The highest BCUT2D eigenvalue weighted by molar-refractivity contribution is 6.17. The molecule has 0 aromatic heterocycles. The van der Waals surface area contributed by atoms with E-state index >= 15 is 0 Å². The zero-order chi connectivity index (χ0) is 15.5. The van der Waals surface area contributed by atoms with Gasteiger partial charge in [-0.15, -0.1) is 0 Å². The highest BCUT2D eigenvalue weighted by atomic mass is 16.7. The van der Waals surface area contributed by atoms with Crippen LogP contribution >= 0.6 is 0 Å². The molecule has 0 spiro atoms. The maximum Gasteiger partial charge on any atom is 0.343 e. The Balaban J connectivity index is 4.90. The summed E-state index contributed by atoms with van der Waals surface area (Å²) in [5.74, 6) is -0.984. The van der Waals surface area contributed by atoms with Crippen molar-refractivity contribution >= 4 is 11.8 Å². The maximum atomic E-state index is 12.2. The van der Waals surface area contributed by atoms with Crippen LogP contribution in [0.1, 0.15) is 27.2 Å². The predicted octanol–water partition coefficient (Wildman–Crippen LogP) is 1.35. The number of hydrogen-bond acceptors (Lipinski definition) is 6. The van der Waals surface area contributed by atoms with Crippen molar-refractivity contribution in [3.63, 3.8) is 0 Å². The molecular weight excluding hydrogens is 262 g/mol. The second kappa shape index (κ2) is 10.4. The van der Waals surface area contributed by atoms with E-state index in [0.29, 0.717) is 13.2 Å². The summed E-state index contributed by atoms with van der Waals surface area (Å²) in [7, 11) is 3.46. The van der Waals surface area contributed by atoms with Crippen molar-refractivity contribution in [1.82, 2.24) is 4.90 Å². The molecule has 0 aliphatic carbocycles. The SMILES string of the molecule is CCOC(=O)/C(=C\N(C)C)C(=O)CC(OCC)OCC. The van der Waals surface area contributed by atoms with Crippen LogP contribution in [0, 0.1) is 0 Å². The Hall–Kier alpha value is -1.40. The van der Waals surface area contributed by atoms with Crippen molar-refractivity contribution in [2.45, 2.75) is 33.5 Å². The predicted molar refractivity (Wildman–Crippen MR) is 75.1 cm³/mol. The van der Waals surface area contributed by atoms with Crippen molar-refractivity contribution in [2.75, 3.05) is 33.9 Å². The van der Waals surface area contributed by atoms with Gasteiger partial charge in [0.05, 0.1) is 13.0 Å². The number of carbonyl (C=O) groups excluding carboxylic acids is 2. The number of ketones is 1. The van der Waals surface area contributed by atoms with Crippen LogP contribution in [0.5, 0.6) is 0 Å². The highest BCUT2D eigenvalue weighted by Gasteiger charge is 2.24. The van der Waals surface area contributed by atoms with E-state index in [9.17, 15) is 9.59 Å². The van der Waals surface area contributed by atoms with E-state index in [1.165, 1.54) is 6.20 Å². The van der Waals surface area contributed by atoms with Crippen LogP contribution < -0.4 is 0 Å². The Morgan fingerprint density at radius 3 is 2.00 bits per heavy atom. The molecule has 0 amide bonds. The number of nitrogens with zero attached hydrogens (tertiary/aromatic N) is 1. The average molecular weight is 287 g/mol. The van der Waals surface area contributed by atoms with Gasteiger partial charge in [-0.25, -0.2) is 4.79 Å². The molecule has 0 N–H and O–H groups in total. The lowest BCUT2D eigenvalue weighted by Crippen LogP contribution is -2.26. The summed E-state index contributed by atoms with van der Waals surface area (Å²) in [5.41, 5.74) is 0.00116. The first-order chi connectivity index (χ1) is 9.46. The maximum absolute atomic E-state index is 12.2. The van der Waals surface area contributed by atoms with Crippen LogP contribution in [0.15, 0.2) is 11.8 Å². The minimum atomic E-state index is -0.641. The molecule has 0 aromatic carbocycles. The minimum Gasteiger partial charge on any atom is -0.462 e. The zero-order valence-corrected chi connectivity index (χ0v) is 13.0. The fourth-order valence-electron chi connectivity index (χ4n) is 1.50. The Morgan fingerprint density at radius 1 is 1.05 bits per heavy atom. The third-order valence-electron chi connectivity index (χ3n) is 2.24. The van der Waals surface area contributed by atoms with E-state index in [4.69, 9.17) is 14.2 Å². The summed E-state index contributed by atoms with van der Waals surface area (Å²) < 4.78 is 15.5. The second-order valence-electron chi connectivity index (χ2n) is 4.19. The third kappa shape index (κ3) is 7.25. The molecule has 0 aliphatic rings. The molecule has 0 fully saturated rings. The number of ether oxygens (including phenoxy) is 3. The molecule has 0 unspecified atom stereocenters. The number of hydrogen-bond donors (Lipinski definition) is 0. The number of Topliss-reactive ketones (excluding diaryl/α,β-unsaturated/α-hetero) is 1. The van der Waals surface area contributed by atoms with Crippen LogP contribution in [0.2, 0.25) is 0 Å². The van der Waals surface area contributed by atoms with Gasteiger partial charge < -0.3 is 19.1 Å². The van der Waals surface area contributed by atoms with E-state index in [1.54, 1.807) is 25.9 Å². The largest absolute Gasteiger partial charge is 0.462 e. The van der Waals surface area contributed by atoms with Crippen molar-refractivity contribution in [3.05, 3.63) is 11.8 Å². The lowest BCUT2D eigenvalue weighted by molar-refractivity contribution is -0.151. The molecule has 0 radical (unpaired) electrons. The Morgan fingerprint density at radius 2 is 1.60 bits per heavy atom. The number of esters is 1. The molecule has 6 nitrogen and oxygen atoms in total. The number of carbonyl (C=O) groups is 2. The normalized spacial score (nSPS) is 11.6. The second-order valence-corrected chi connectivity index (χ2v) is 4.19. The van der Waals surface area contributed by atoms with Gasteiger partial charge in [0.25, 0.3) is 0 Å². The molecule has 6 heteroatoms. The molecule has 0 rings (SSSR count). The van der Waals surface area contributed by atoms with Crippen LogP contribution in [-0.2, 0) is 23.8 Å². The Bertz CT molecular complexity index is 332. The van der Waals surface area contributed by atoms with Gasteiger partial charge >= 0.3 is 5.97 Å². The molecule has 116 valence electrons. The summed E-state index contributed by atoms with van der Waals surface area (Å²) >= 11 is 0. The molecular formula is C14H25NO5. The van der Waals surface area contributed by atoms with E-state index in [1.807, 2.05) is 13.8 Å².